The highest BCUT2D eigenvalue weighted by Gasteiger charge is 2.12. The highest BCUT2D eigenvalue weighted by molar-refractivity contribution is 7.89. The van der Waals surface area contributed by atoms with Gasteiger partial charge in [-0.3, -0.25) is 0 Å². The second-order valence-corrected chi connectivity index (χ2v) is 6.03. The topological polar surface area (TPSA) is 46.2 Å². The van der Waals surface area contributed by atoms with E-state index in [-0.39, 0.29) is 4.90 Å². The molecule has 1 rings (SSSR count). The summed E-state index contributed by atoms with van der Waals surface area (Å²) in [5.41, 5.74) is 0. The molecule has 0 radical (unpaired) electrons. The van der Waals surface area contributed by atoms with Gasteiger partial charge in [-0.25, -0.2) is 17.5 Å². The number of benzene rings is 1. The van der Waals surface area contributed by atoms with Crippen LogP contribution in [0.3, 0.4) is 0 Å². The second-order valence-electron chi connectivity index (χ2n) is 4.27. The molecule has 3 nitrogen and oxygen atoms in total. The number of nitrogens with one attached hydrogen (secondary N) is 1. The fraction of sp³-hybridized carbons (Fsp3) is 0.538. The molecule has 5 heteroatoms. The van der Waals surface area contributed by atoms with E-state index in [1.807, 2.05) is 0 Å². The van der Waals surface area contributed by atoms with Crippen molar-refractivity contribution in [1.29, 1.82) is 0 Å². The number of sulfonamides is 1. The number of rotatable bonds is 8. The Labute approximate surface area is 108 Å². The van der Waals surface area contributed by atoms with Crippen LogP contribution < -0.4 is 4.72 Å². The van der Waals surface area contributed by atoms with E-state index in [1.54, 1.807) is 0 Å². The van der Waals surface area contributed by atoms with Crippen LogP contribution in [-0.2, 0) is 10.0 Å². The van der Waals surface area contributed by atoms with Gasteiger partial charge < -0.3 is 0 Å². The van der Waals surface area contributed by atoms with Crippen LogP contribution in [0.1, 0.15) is 39.0 Å². The molecule has 0 amide bonds. The molecule has 0 aliphatic carbocycles. The van der Waals surface area contributed by atoms with Gasteiger partial charge in [-0.1, -0.05) is 32.6 Å². The van der Waals surface area contributed by atoms with Gasteiger partial charge in [-0.2, -0.15) is 0 Å². The molecule has 0 fully saturated rings. The van der Waals surface area contributed by atoms with E-state index in [9.17, 15) is 12.8 Å². The third-order valence-electron chi connectivity index (χ3n) is 2.70. The van der Waals surface area contributed by atoms with E-state index in [1.165, 1.54) is 25.0 Å². The first-order valence-corrected chi connectivity index (χ1v) is 7.80. The van der Waals surface area contributed by atoms with Crippen molar-refractivity contribution in [2.45, 2.75) is 43.9 Å². The minimum atomic E-state index is -3.49. The quantitative estimate of drug-likeness (QED) is 0.740. The fourth-order valence-corrected chi connectivity index (χ4v) is 2.71. The van der Waals surface area contributed by atoms with Crippen LogP contribution in [0.15, 0.2) is 29.2 Å². The second kappa shape index (κ2) is 7.48. The molecule has 0 bridgehead atoms. The SMILES string of the molecule is CCCCCCCNS(=O)(=O)c1ccc(F)cc1. The maximum absolute atomic E-state index is 12.7. The molecule has 0 aliphatic heterocycles. The third kappa shape index (κ3) is 5.14. The molecule has 0 aromatic heterocycles. The Bertz CT molecular complexity index is 443. The highest BCUT2D eigenvalue weighted by Crippen LogP contribution is 2.09. The van der Waals surface area contributed by atoms with Crippen LogP contribution in [0.2, 0.25) is 0 Å². The predicted molar refractivity (Wildman–Crippen MR) is 70.3 cm³/mol. The normalized spacial score (nSPS) is 11.7. The molecular weight excluding hydrogens is 253 g/mol. The van der Waals surface area contributed by atoms with Gasteiger partial charge in [-0.15, -0.1) is 0 Å². The molecule has 1 aromatic rings. The maximum Gasteiger partial charge on any atom is 0.240 e. The lowest BCUT2D eigenvalue weighted by atomic mass is 10.2. The molecule has 102 valence electrons. The molecule has 1 N–H and O–H groups in total. The maximum atomic E-state index is 12.7. The Hall–Kier alpha value is -0.940. The average molecular weight is 273 g/mol. The number of halogens is 1. The Morgan fingerprint density at radius 1 is 1.06 bits per heavy atom. The summed E-state index contributed by atoms with van der Waals surface area (Å²) in [4.78, 5) is 0.109. The van der Waals surface area contributed by atoms with E-state index >= 15 is 0 Å². The number of unbranched alkanes of at least 4 members (excludes halogenated alkanes) is 4. The van der Waals surface area contributed by atoms with Crippen LogP contribution in [-0.4, -0.2) is 15.0 Å². The minimum absolute atomic E-state index is 0.109. The molecule has 0 unspecified atom stereocenters. The summed E-state index contributed by atoms with van der Waals surface area (Å²) >= 11 is 0. The van der Waals surface area contributed by atoms with Crippen LogP contribution in [0.4, 0.5) is 4.39 Å². The molecule has 0 spiro atoms. The summed E-state index contributed by atoms with van der Waals surface area (Å²) < 4.78 is 38.8. The minimum Gasteiger partial charge on any atom is -0.211 e. The summed E-state index contributed by atoms with van der Waals surface area (Å²) in [6, 6.07) is 4.84. The van der Waals surface area contributed by atoms with E-state index < -0.39 is 15.8 Å². The summed E-state index contributed by atoms with van der Waals surface area (Å²) in [6.45, 7) is 2.57. The molecule has 0 heterocycles. The van der Waals surface area contributed by atoms with Gasteiger partial charge in [0.25, 0.3) is 0 Å². The summed E-state index contributed by atoms with van der Waals surface area (Å²) in [6.07, 6.45) is 5.35. The first-order chi connectivity index (χ1) is 8.56. The molecule has 0 aliphatic rings. The van der Waals surface area contributed by atoms with Crippen molar-refractivity contribution in [1.82, 2.24) is 4.72 Å². The van der Waals surface area contributed by atoms with Crippen molar-refractivity contribution in [3.05, 3.63) is 30.1 Å². The standard InChI is InChI=1S/C13H20FNO2S/c1-2-3-4-5-6-11-15-18(16,17)13-9-7-12(14)8-10-13/h7-10,15H,2-6,11H2,1H3. The zero-order chi connectivity index (χ0) is 13.4. The summed E-state index contributed by atoms with van der Waals surface area (Å²) in [7, 11) is -3.49. The van der Waals surface area contributed by atoms with Gasteiger partial charge in [0.15, 0.2) is 0 Å². The van der Waals surface area contributed by atoms with Crippen molar-refractivity contribution < 1.29 is 12.8 Å². The van der Waals surface area contributed by atoms with E-state index in [2.05, 4.69) is 11.6 Å². The van der Waals surface area contributed by atoms with Crippen LogP contribution in [0.5, 0.6) is 0 Å². The predicted octanol–water partition coefficient (Wildman–Crippen LogP) is 3.07. The fourth-order valence-electron chi connectivity index (χ4n) is 1.63. The van der Waals surface area contributed by atoms with Crippen molar-refractivity contribution in [3.8, 4) is 0 Å². The number of hydrogen-bond donors (Lipinski definition) is 1. The molecule has 0 saturated heterocycles. The van der Waals surface area contributed by atoms with E-state index in [0.29, 0.717) is 6.54 Å². The lowest BCUT2D eigenvalue weighted by Crippen LogP contribution is -2.24. The largest absolute Gasteiger partial charge is 0.240 e. The van der Waals surface area contributed by atoms with Gasteiger partial charge in [0.05, 0.1) is 4.90 Å². The van der Waals surface area contributed by atoms with Crippen molar-refractivity contribution >= 4 is 10.0 Å². The zero-order valence-electron chi connectivity index (χ0n) is 10.7. The molecule has 1 aromatic carbocycles. The smallest absolute Gasteiger partial charge is 0.211 e. The van der Waals surface area contributed by atoms with Crippen molar-refractivity contribution in [3.63, 3.8) is 0 Å². The lowest BCUT2D eigenvalue weighted by molar-refractivity contribution is 0.570. The third-order valence-corrected chi connectivity index (χ3v) is 4.17. The Balaban J connectivity index is 2.38. The van der Waals surface area contributed by atoms with Gasteiger partial charge >= 0.3 is 0 Å². The summed E-state index contributed by atoms with van der Waals surface area (Å²) in [5.74, 6) is -0.437. The Morgan fingerprint density at radius 2 is 1.67 bits per heavy atom. The number of hydrogen-bond acceptors (Lipinski definition) is 2. The highest BCUT2D eigenvalue weighted by atomic mass is 32.2. The van der Waals surface area contributed by atoms with Crippen molar-refractivity contribution in [2.75, 3.05) is 6.54 Å². The van der Waals surface area contributed by atoms with Crippen LogP contribution >= 0.6 is 0 Å². The van der Waals surface area contributed by atoms with Gasteiger partial charge in [0.1, 0.15) is 5.82 Å². The van der Waals surface area contributed by atoms with E-state index in [0.717, 1.165) is 31.4 Å². The van der Waals surface area contributed by atoms with Crippen molar-refractivity contribution in [2.24, 2.45) is 0 Å². The Morgan fingerprint density at radius 3 is 2.28 bits per heavy atom. The molecular formula is C13H20FNO2S. The van der Waals surface area contributed by atoms with E-state index in [4.69, 9.17) is 0 Å². The first-order valence-electron chi connectivity index (χ1n) is 6.31. The van der Waals surface area contributed by atoms with Crippen LogP contribution in [0, 0.1) is 5.82 Å². The summed E-state index contributed by atoms with van der Waals surface area (Å²) in [5, 5.41) is 0. The van der Waals surface area contributed by atoms with Gasteiger partial charge in [0, 0.05) is 6.54 Å². The average Bonchev–Trinajstić information content (AvgIpc) is 2.34. The van der Waals surface area contributed by atoms with Gasteiger partial charge in [-0.05, 0) is 30.7 Å². The molecule has 0 saturated carbocycles. The monoisotopic (exact) mass is 273 g/mol. The zero-order valence-corrected chi connectivity index (χ0v) is 11.5. The molecule has 18 heavy (non-hydrogen) atoms. The lowest BCUT2D eigenvalue weighted by Gasteiger charge is -2.06. The molecule has 0 atom stereocenters. The first kappa shape index (κ1) is 15.1. The van der Waals surface area contributed by atoms with Crippen LogP contribution in [0.25, 0.3) is 0 Å². The van der Waals surface area contributed by atoms with Gasteiger partial charge in [0.2, 0.25) is 10.0 Å². The Kier molecular flexibility index (Phi) is 6.29.